The molecule has 1 aliphatic carbocycles. The highest BCUT2D eigenvalue weighted by Crippen LogP contribution is 2.57. The van der Waals surface area contributed by atoms with Gasteiger partial charge in [0.2, 0.25) is 5.91 Å². The number of piperidine rings is 1. The van der Waals surface area contributed by atoms with Crippen LogP contribution >= 0.6 is 0 Å². The molecule has 2 aromatic carbocycles. The molecule has 4 amide bonds. The van der Waals surface area contributed by atoms with Crippen LogP contribution in [0.4, 0.5) is 39.9 Å². The van der Waals surface area contributed by atoms with Crippen molar-refractivity contribution in [3.05, 3.63) is 65.5 Å². The number of nitrogens with zero attached hydrogens (tertiary/aromatic N) is 1. The number of alkyl halides is 7. The van der Waals surface area contributed by atoms with Crippen LogP contribution in [0.2, 0.25) is 0 Å². The SMILES string of the molecule is O=C1NC(=O)C2(CCN(C(=O)C3CC(c4ccc(C(F)(C(F)(F)F)C(F)(F)F)cc4)(S(=O)(=O)c4ccc(F)cc4)C3)CC2)N1. The van der Waals surface area contributed by atoms with Gasteiger partial charge in [0.15, 0.2) is 9.84 Å². The third-order valence-corrected chi connectivity index (χ3v) is 11.2. The molecule has 0 atom stereocenters. The zero-order valence-electron chi connectivity index (χ0n) is 22.4. The lowest BCUT2D eigenvalue weighted by molar-refractivity contribution is -0.348. The Morgan fingerprint density at radius 2 is 1.36 bits per heavy atom. The number of rotatable bonds is 5. The van der Waals surface area contributed by atoms with Crippen LogP contribution in [0.15, 0.2) is 53.4 Å². The molecule has 2 aromatic rings. The van der Waals surface area contributed by atoms with Gasteiger partial charge in [-0.1, -0.05) is 24.3 Å². The van der Waals surface area contributed by atoms with Gasteiger partial charge in [0.1, 0.15) is 16.1 Å². The Labute approximate surface area is 244 Å². The predicted molar refractivity (Wildman–Crippen MR) is 135 cm³/mol. The van der Waals surface area contributed by atoms with E-state index in [1.54, 1.807) is 0 Å². The lowest BCUT2D eigenvalue weighted by atomic mass is 9.69. The van der Waals surface area contributed by atoms with Crippen molar-refractivity contribution in [2.24, 2.45) is 5.92 Å². The molecule has 0 aromatic heterocycles. The average molecular weight is 654 g/mol. The van der Waals surface area contributed by atoms with Gasteiger partial charge in [0, 0.05) is 24.6 Å². The van der Waals surface area contributed by atoms with Crippen LogP contribution in [0.5, 0.6) is 0 Å². The normalized spacial score (nSPS) is 24.1. The molecule has 2 aliphatic heterocycles. The van der Waals surface area contributed by atoms with E-state index in [4.69, 9.17) is 0 Å². The predicted octanol–water partition coefficient (Wildman–Crippen LogP) is 4.39. The first kappa shape index (κ1) is 31.7. The van der Waals surface area contributed by atoms with Crippen LogP contribution in [0.25, 0.3) is 0 Å². The number of halogens is 8. The van der Waals surface area contributed by atoms with Crippen molar-refractivity contribution >= 4 is 27.7 Å². The van der Waals surface area contributed by atoms with Gasteiger partial charge >= 0.3 is 24.1 Å². The number of urea groups is 1. The highest BCUT2D eigenvalue weighted by atomic mass is 32.2. The standard InChI is InChI=1S/C27H23F8N3O5S/c28-18-5-7-19(8-6-18)44(42,43)24(16-1-3-17(4-2-16)25(29,26(30,31)32)27(33,34)35)13-15(14-24)20(39)38-11-9-23(10-12-38)21(40)36-22(41)37-23/h1-8,15H,9-14H2,(H2,36,37,40,41). The number of amides is 4. The molecule has 238 valence electrons. The van der Waals surface area contributed by atoms with E-state index in [9.17, 15) is 57.9 Å². The van der Waals surface area contributed by atoms with Crippen LogP contribution in [0, 0.1) is 11.7 Å². The van der Waals surface area contributed by atoms with Gasteiger partial charge in [-0.2, -0.15) is 26.3 Å². The maximum Gasteiger partial charge on any atom is 0.435 e. The Hall–Kier alpha value is -3.76. The van der Waals surface area contributed by atoms with Crippen LogP contribution < -0.4 is 10.6 Å². The molecular weight excluding hydrogens is 630 g/mol. The Morgan fingerprint density at radius 1 is 0.841 bits per heavy atom. The summed E-state index contributed by atoms with van der Waals surface area (Å²) in [6.45, 7) is 0.0613. The second-order valence-corrected chi connectivity index (χ2v) is 13.4. The second-order valence-electron chi connectivity index (χ2n) is 11.1. The van der Waals surface area contributed by atoms with Gasteiger partial charge in [0.25, 0.3) is 5.91 Å². The molecule has 17 heteroatoms. The molecule has 3 fully saturated rings. The van der Waals surface area contributed by atoms with Crippen LogP contribution in [0.3, 0.4) is 0 Å². The van der Waals surface area contributed by atoms with Gasteiger partial charge < -0.3 is 10.2 Å². The quantitative estimate of drug-likeness (QED) is 0.283. The summed E-state index contributed by atoms with van der Waals surface area (Å²) in [5, 5.41) is 4.66. The van der Waals surface area contributed by atoms with Crippen molar-refractivity contribution in [3.8, 4) is 0 Å². The minimum absolute atomic E-state index is 0.0307. The molecule has 44 heavy (non-hydrogen) atoms. The average Bonchev–Trinajstić information content (AvgIpc) is 3.18. The fourth-order valence-electron chi connectivity index (χ4n) is 6.10. The molecule has 0 bridgehead atoms. The highest BCUT2D eigenvalue weighted by molar-refractivity contribution is 7.92. The first-order valence-corrected chi connectivity index (χ1v) is 14.6. The van der Waals surface area contributed by atoms with Crippen molar-refractivity contribution in [1.82, 2.24) is 15.5 Å². The third kappa shape index (κ3) is 4.70. The number of carbonyl (C=O) groups is 3. The molecule has 8 nitrogen and oxygen atoms in total. The van der Waals surface area contributed by atoms with Crippen molar-refractivity contribution in [2.75, 3.05) is 13.1 Å². The number of hydrogen-bond donors (Lipinski definition) is 2. The van der Waals surface area contributed by atoms with E-state index in [2.05, 4.69) is 10.6 Å². The van der Waals surface area contributed by atoms with Gasteiger partial charge in [-0.15, -0.1) is 0 Å². The lowest BCUT2D eigenvalue weighted by Gasteiger charge is -2.48. The maximum atomic E-state index is 14.6. The molecule has 0 unspecified atom stereocenters. The molecule has 2 saturated heterocycles. The first-order valence-electron chi connectivity index (χ1n) is 13.1. The zero-order chi connectivity index (χ0) is 32.5. The summed E-state index contributed by atoms with van der Waals surface area (Å²) < 4.78 is 134. The number of sulfone groups is 1. The van der Waals surface area contributed by atoms with E-state index in [-0.39, 0.29) is 43.6 Å². The van der Waals surface area contributed by atoms with Gasteiger partial charge in [-0.3, -0.25) is 14.9 Å². The molecule has 2 heterocycles. The smallest absolute Gasteiger partial charge is 0.342 e. The summed E-state index contributed by atoms with van der Waals surface area (Å²) in [5.41, 5.74) is -9.03. The molecule has 3 aliphatic rings. The molecule has 0 radical (unpaired) electrons. The summed E-state index contributed by atoms with van der Waals surface area (Å²) in [5.74, 6) is -2.79. The number of hydrogen-bond acceptors (Lipinski definition) is 5. The minimum Gasteiger partial charge on any atom is -0.342 e. The zero-order valence-corrected chi connectivity index (χ0v) is 23.2. The highest BCUT2D eigenvalue weighted by Gasteiger charge is 2.73. The largest absolute Gasteiger partial charge is 0.435 e. The fourth-order valence-corrected chi connectivity index (χ4v) is 8.33. The Bertz CT molecular complexity index is 1580. The summed E-state index contributed by atoms with van der Waals surface area (Å²) in [7, 11) is -4.54. The van der Waals surface area contributed by atoms with Crippen LogP contribution in [0.1, 0.15) is 36.8 Å². The van der Waals surface area contributed by atoms with E-state index in [1.165, 1.54) is 4.90 Å². The molecule has 2 N–H and O–H groups in total. The minimum atomic E-state index is -6.38. The van der Waals surface area contributed by atoms with E-state index in [0.29, 0.717) is 12.1 Å². The topological polar surface area (TPSA) is 113 Å². The van der Waals surface area contributed by atoms with Crippen molar-refractivity contribution in [1.29, 1.82) is 0 Å². The summed E-state index contributed by atoms with van der Waals surface area (Å²) >= 11 is 0. The van der Waals surface area contributed by atoms with Crippen molar-refractivity contribution in [3.63, 3.8) is 0 Å². The Morgan fingerprint density at radius 3 is 1.82 bits per heavy atom. The van der Waals surface area contributed by atoms with Crippen molar-refractivity contribution < 1.29 is 57.9 Å². The van der Waals surface area contributed by atoms with E-state index in [0.717, 1.165) is 24.3 Å². The molecular formula is C27H23F8N3O5S. The van der Waals surface area contributed by atoms with Gasteiger partial charge in [0.05, 0.1) is 4.90 Å². The number of imide groups is 1. The Balaban J connectivity index is 1.45. The number of carbonyl (C=O) groups excluding carboxylic acids is 3. The van der Waals surface area contributed by atoms with Crippen LogP contribution in [-0.4, -0.2) is 62.1 Å². The lowest BCUT2D eigenvalue weighted by Crippen LogP contribution is -2.59. The van der Waals surface area contributed by atoms with Crippen molar-refractivity contribution in [2.45, 2.75) is 58.9 Å². The fraction of sp³-hybridized carbons (Fsp3) is 0.444. The van der Waals surface area contributed by atoms with E-state index in [1.807, 2.05) is 0 Å². The number of likely N-dealkylation sites (tertiary alicyclic amines) is 1. The molecule has 5 rings (SSSR count). The second kappa shape index (κ2) is 10.1. The molecule has 1 saturated carbocycles. The van der Waals surface area contributed by atoms with Gasteiger partial charge in [-0.05, 0) is 55.5 Å². The first-order chi connectivity index (χ1) is 20.3. The summed E-state index contributed by atoms with van der Waals surface area (Å²) in [4.78, 5) is 38.1. The molecule has 1 spiro atoms. The van der Waals surface area contributed by atoms with Gasteiger partial charge in [-0.25, -0.2) is 22.0 Å². The Kier molecular flexibility index (Phi) is 7.29. The number of nitrogens with one attached hydrogen (secondary N) is 2. The monoisotopic (exact) mass is 653 g/mol. The maximum absolute atomic E-state index is 14.6. The van der Waals surface area contributed by atoms with Crippen LogP contribution in [-0.2, 0) is 29.8 Å². The van der Waals surface area contributed by atoms with E-state index >= 15 is 0 Å². The summed E-state index contributed by atoms with van der Waals surface area (Å²) in [6, 6.07) is 4.58. The van der Waals surface area contributed by atoms with E-state index < -0.39 is 91.0 Å². The number of benzene rings is 2. The third-order valence-electron chi connectivity index (χ3n) is 8.67. The summed E-state index contributed by atoms with van der Waals surface area (Å²) in [6.07, 6.45) is -13.5.